The van der Waals surface area contributed by atoms with Crippen LogP contribution < -0.4 is 5.32 Å². The summed E-state index contributed by atoms with van der Waals surface area (Å²) in [5, 5.41) is 16.1. The van der Waals surface area contributed by atoms with E-state index in [0.717, 1.165) is 12.3 Å². The number of oxime groups is 1. The van der Waals surface area contributed by atoms with Crippen LogP contribution in [0.1, 0.15) is 35.2 Å². The van der Waals surface area contributed by atoms with Crippen LogP contribution in [0, 0.1) is 35.1 Å². The number of carbonyl (C=O) groups excluding carboxylic acids is 1. The molecule has 0 heterocycles. The van der Waals surface area contributed by atoms with Gasteiger partial charge in [-0.25, -0.2) is 26.0 Å². The number of fused-ring (bicyclic) bond motifs is 2. The highest BCUT2D eigenvalue weighted by Crippen LogP contribution is 2.54. The minimum atomic E-state index is -4.20. The van der Waals surface area contributed by atoms with Gasteiger partial charge in [0.2, 0.25) is 0 Å². The van der Waals surface area contributed by atoms with Crippen molar-refractivity contribution in [2.75, 3.05) is 5.32 Å². The Morgan fingerprint density at radius 3 is 2.49 bits per heavy atom. The molecule has 2 bridgehead atoms. The predicted molar refractivity (Wildman–Crippen MR) is 142 cm³/mol. The number of anilines is 1. The molecular weight excluding hydrogens is 588 g/mol. The molecule has 0 aromatic heterocycles. The van der Waals surface area contributed by atoms with Crippen molar-refractivity contribution in [3.05, 3.63) is 94.0 Å². The zero-order valence-electron chi connectivity index (χ0n) is 21.2. The number of nitrogens with one attached hydrogen (secondary N) is 1. The van der Waals surface area contributed by atoms with E-state index in [-0.39, 0.29) is 39.8 Å². The summed E-state index contributed by atoms with van der Waals surface area (Å²) in [7, 11) is -4.20. The Kier molecular flexibility index (Phi) is 7.84. The van der Waals surface area contributed by atoms with Crippen molar-refractivity contribution in [2.45, 2.75) is 41.6 Å². The maximum atomic E-state index is 13.8. The lowest BCUT2D eigenvalue weighted by Crippen LogP contribution is -2.40. The molecule has 2 aliphatic rings. The van der Waals surface area contributed by atoms with E-state index in [1.165, 1.54) is 30.3 Å². The molecule has 13 heteroatoms. The van der Waals surface area contributed by atoms with Crippen LogP contribution in [0.3, 0.4) is 0 Å². The molecule has 41 heavy (non-hydrogen) atoms. The molecule has 3 aromatic rings. The second-order valence-corrected chi connectivity index (χ2v) is 12.6. The van der Waals surface area contributed by atoms with Gasteiger partial charge in [0.1, 0.15) is 18.0 Å². The smallest absolute Gasteiger partial charge is 0.255 e. The summed E-state index contributed by atoms with van der Waals surface area (Å²) in [5.74, 6) is -7.29. The maximum Gasteiger partial charge on any atom is 0.255 e. The van der Waals surface area contributed by atoms with Crippen LogP contribution in [0.2, 0.25) is 5.02 Å². The highest BCUT2D eigenvalue weighted by Gasteiger charge is 2.61. The molecule has 2 aliphatic carbocycles. The van der Waals surface area contributed by atoms with Gasteiger partial charge in [-0.1, -0.05) is 35.0 Å². The Morgan fingerprint density at radius 2 is 1.78 bits per heavy atom. The summed E-state index contributed by atoms with van der Waals surface area (Å²) in [6.07, 6.45) is 2.14. The first-order valence-corrected chi connectivity index (χ1v) is 14.4. The van der Waals surface area contributed by atoms with Crippen LogP contribution in [0.15, 0.2) is 64.6 Å². The molecule has 0 radical (unpaired) electrons. The molecule has 0 aliphatic heterocycles. The van der Waals surface area contributed by atoms with Crippen LogP contribution in [0.4, 0.5) is 23.2 Å². The molecule has 7 nitrogen and oxygen atoms in total. The molecule has 2 saturated carbocycles. The maximum absolute atomic E-state index is 13.8. The largest absolute Gasteiger partial charge is 0.391 e. The monoisotopic (exact) mass is 610 g/mol. The average Bonchev–Trinajstić information content (AvgIpc) is 3.47. The predicted octanol–water partition coefficient (Wildman–Crippen LogP) is 5.65. The van der Waals surface area contributed by atoms with E-state index < -0.39 is 61.7 Å². The molecular formula is C28H23ClF4N2O5S. The lowest BCUT2D eigenvalue weighted by Gasteiger charge is -2.28. The number of hydrogen-bond donors (Lipinski definition) is 2. The number of rotatable bonds is 8. The summed E-state index contributed by atoms with van der Waals surface area (Å²) in [6.45, 7) is -0.184. The van der Waals surface area contributed by atoms with Gasteiger partial charge in [0.15, 0.2) is 27.3 Å². The first-order valence-electron chi connectivity index (χ1n) is 12.5. The van der Waals surface area contributed by atoms with E-state index in [1.54, 1.807) is 6.07 Å². The third-order valence-electron chi connectivity index (χ3n) is 7.57. The Bertz CT molecular complexity index is 1630. The number of carbonyl (C=O) groups is 1. The fourth-order valence-corrected chi connectivity index (χ4v) is 8.59. The van der Waals surface area contributed by atoms with Gasteiger partial charge in [0.05, 0.1) is 21.4 Å². The SMILES string of the molecule is O=C(Nc1cc(F)c(F)c(F)c1)c1ccc(Cl)c(S(=O)(=O)[C@@H]2C3CCC2[C@@](O)(/C=N/OCc2ccccc2F)C3)c1. The first-order chi connectivity index (χ1) is 19.4. The molecule has 5 rings (SSSR count). The van der Waals surface area contributed by atoms with Crippen molar-refractivity contribution in [3.8, 4) is 0 Å². The summed E-state index contributed by atoms with van der Waals surface area (Å²) in [4.78, 5) is 17.6. The van der Waals surface area contributed by atoms with Gasteiger partial charge in [-0.3, -0.25) is 4.79 Å². The Labute approximate surface area is 237 Å². The van der Waals surface area contributed by atoms with Gasteiger partial charge in [-0.2, -0.15) is 0 Å². The Hall–Kier alpha value is -3.48. The number of sulfone groups is 1. The molecule has 216 valence electrons. The molecule has 1 amide bonds. The molecule has 4 atom stereocenters. The van der Waals surface area contributed by atoms with Crippen LogP contribution in [0.25, 0.3) is 0 Å². The van der Waals surface area contributed by atoms with Crippen LogP contribution >= 0.6 is 11.6 Å². The second kappa shape index (κ2) is 11.1. The second-order valence-electron chi connectivity index (χ2n) is 10.1. The van der Waals surface area contributed by atoms with Gasteiger partial charge in [0, 0.05) is 34.9 Å². The van der Waals surface area contributed by atoms with E-state index in [4.69, 9.17) is 16.4 Å². The van der Waals surface area contributed by atoms with Crippen molar-refractivity contribution in [3.63, 3.8) is 0 Å². The van der Waals surface area contributed by atoms with E-state index in [9.17, 15) is 35.9 Å². The molecule has 3 aromatic carbocycles. The van der Waals surface area contributed by atoms with E-state index in [1.807, 2.05) is 0 Å². The first kappa shape index (κ1) is 29.0. The van der Waals surface area contributed by atoms with Crippen LogP contribution in [-0.4, -0.2) is 36.5 Å². The number of amides is 1. The van der Waals surface area contributed by atoms with Gasteiger partial charge < -0.3 is 15.3 Å². The fourth-order valence-electron chi connectivity index (χ4n) is 5.68. The van der Waals surface area contributed by atoms with Crippen LogP contribution in [0.5, 0.6) is 0 Å². The summed E-state index contributed by atoms with van der Waals surface area (Å²) in [6, 6.07) is 10.6. The van der Waals surface area contributed by atoms with Crippen LogP contribution in [-0.2, 0) is 21.3 Å². The lowest BCUT2D eigenvalue weighted by molar-refractivity contribution is 0.0505. The quantitative estimate of drug-likeness (QED) is 0.148. The molecule has 0 saturated heterocycles. The standard InChI is InChI=1S/C28H23ClF4N2O5S/c29-20-8-6-15(27(36)35-18-10-22(31)25(33)23(32)11-18)9-24(20)41(38,39)26-16-5-7-19(26)28(37,12-16)14-34-40-13-17-3-1-2-4-21(17)30/h1-4,6,8-11,14,16,19,26,37H,5,7,12-13H2,(H,35,36)/b34-14+/t16?,19?,26-,28+/m1/s1. The fraction of sp³-hybridized carbons (Fsp3) is 0.286. The van der Waals surface area contributed by atoms with Crippen molar-refractivity contribution in [1.29, 1.82) is 0 Å². The minimum absolute atomic E-state index is 0.0909. The zero-order chi connectivity index (χ0) is 29.5. The number of benzene rings is 3. The number of aliphatic hydroxyl groups is 1. The van der Waals surface area contributed by atoms with E-state index in [0.29, 0.717) is 25.0 Å². The third kappa shape index (κ3) is 5.55. The highest BCUT2D eigenvalue weighted by atomic mass is 35.5. The van der Waals surface area contributed by atoms with Crippen molar-refractivity contribution in [2.24, 2.45) is 17.0 Å². The van der Waals surface area contributed by atoms with Gasteiger partial charge in [0.25, 0.3) is 5.91 Å². The van der Waals surface area contributed by atoms with Crippen molar-refractivity contribution < 1.29 is 40.7 Å². The van der Waals surface area contributed by atoms with Crippen molar-refractivity contribution >= 4 is 39.2 Å². The van der Waals surface area contributed by atoms with Gasteiger partial charge >= 0.3 is 0 Å². The Morgan fingerprint density at radius 1 is 1.07 bits per heavy atom. The third-order valence-corrected chi connectivity index (χ3v) is 10.4. The normalized spacial score (nSPS) is 23.7. The topological polar surface area (TPSA) is 105 Å². The minimum Gasteiger partial charge on any atom is -0.391 e. The van der Waals surface area contributed by atoms with Gasteiger partial charge in [-0.05, 0) is 49.4 Å². The number of halogens is 5. The van der Waals surface area contributed by atoms with E-state index >= 15 is 0 Å². The molecule has 2 fully saturated rings. The highest BCUT2D eigenvalue weighted by molar-refractivity contribution is 7.92. The number of nitrogens with zero attached hydrogens (tertiary/aromatic N) is 1. The summed E-state index contributed by atoms with van der Waals surface area (Å²) >= 11 is 6.25. The molecule has 2 unspecified atom stereocenters. The number of hydrogen-bond acceptors (Lipinski definition) is 6. The summed E-state index contributed by atoms with van der Waals surface area (Å²) < 4.78 is 81.8. The lowest BCUT2D eigenvalue weighted by atomic mass is 9.85. The van der Waals surface area contributed by atoms with Crippen molar-refractivity contribution in [1.82, 2.24) is 0 Å². The molecule has 0 spiro atoms. The van der Waals surface area contributed by atoms with Gasteiger partial charge in [-0.15, -0.1) is 0 Å². The average molecular weight is 611 g/mol. The molecule has 2 N–H and O–H groups in total. The van der Waals surface area contributed by atoms with E-state index in [2.05, 4.69) is 10.5 Å². The Balaban J connectivity index is 1.35. The zero-order valence-corrected chi connectivity index (χ0v) is 22.7. The summed E-state index contributed by atoms with van der Waals surface area (Å²) in [5.41, 5.74) is -1.89.